The molecule has 0 aliphatic heterocycles. The minimum Gasteiger partial charge on any atom is -0.313 e. The Balaban J connectivity index is 2.19. The summed E-state index contributed by atoms with van der Waals surface area (Å²) in [5.74, 6) is -0.322. The van der Waals surface area contributed by atoms with Crippen LogP contribution in [0.4, 0.5) is 4.39 Å². The lowest BCUT2D eigenvalue weighted by Crippen LogP contribution is -2.19. The summed E-state index contributed by atoms with van der Waals surface area (Å²) in [6.45, 7) is 4.17. The summed E-state index contributed by atoms with van der Waals surface area (Å²) >= 11 is 6.12. The topological polar surface area (TPSA) is 29.9 Å². The van der Waals surface area contributed by atoms with Crippen LogP contribution in [-0.4, -0.2) is 16.8 Å². The molecular formula is C15H19ClFN3. The maximum Gasteiger partial charge on any atom is 0.124 e. The summed E-state index contributed by atoms with van der Waals surface area (Å²) in [4.78, 5) is 0. The molecule has 3 nitrogen and oxygen atoms in total. The van der Waals surface area contributed by atoms with Gasteiger partial charge in [-0.3, -0.25) is 4.68 Å². The van der Waals surface area contributed by atoms with Crippen molar-refractivity contribution in [2.24, 2.45) is 0 Å². The van der Waals surface area contributed by atoms with E-state index < -0.39 is 0 Å². The molecule has 0 radical (unpaired) electrons. The summed E-state index contributed by atoms with van der Waals surface area (Å²) in [6.07, 6.45) is 2.68. The zero-order chi connectivity index (χ0) is 14.7. The van der Waals surface area contributed by atoms with Crippen molar-refractivity contribution >= 4 is 11.6 Å². The van der Waals surface area contributed by atoms with Crippen molar-refractivity contribution in [2.45, 2.75) is 32.4 Å². The van der Waals surface area contributed by atoms with Crippen LogP contribution in [0.5, 0.6) is 0 Å². The van der Waals surface area contributed by atoms with Gasteiger partial charge in [0, 0.05) is 29.7 Å². The van der Waals surface area contributed by atoms with Gasteiger partial charge in [-0.2, -0.15) is 5.10 Å². The Morgan fingerprint density at radius 3 is 2.65 bits per heavy atom. The van der Waals surface area contributed by atoms with E-state index in [1.165, 1.54) is 12.1 Å². The highest BCUT2D eigenvalue weighted by molar-refractivity contribution is 6.31. The first-order valence-electron chi connectivity index (χ1n) is 6.67. The van der Waals surface area contributed by atoms with Gasteiger partial charge < -0.3 is 5.32 Å². The highest BCUT2D eigenvalue weighted by Crippen LogP contribution is 2.26. The van der Waals surface area contributed by atoms with Crippen LogP contribution in [0.25, 0.3) is 0 Å². The Morgan fingerprint density at radius 2 is 2.10 bits per heavy atom. The molecule has 2 aromatic rings. The van der Waals surface area contributed by atoms with Crippen molar-refractivity contribution in [1.29, 1.82) is 0 Å². The van der Waals surface area contributed by atoms with E-state index in [4.69, 9.17) is 11.6 Å². The monoisotopic (exact) mass is 295 g/mol. The van der Waals surface area contributed by atoms with Crippen LogP contribution in [0.3, 0.4) is 0 Å². The summed E-state index contributed by atoms with van der Waals surface area (Å²) < 4.78 is 15.0. The maximum atomic E-state index is 13.1. The quantitative estimate of drug-likeness (QED) is 0.910. The van der Waals surface area contributed by atoms with Gasteiger partial charge in [-0.25, -0.2) is 4.39 Å². The predicted octanol–water partition coefficient (Wildman–Crippen LogP) is 3.76. The SMILES string of the molecule is CNC(Cc1ccn(C(C)C)n1)c1ccc(F)cc1Cl. The molecule has 0 bridgehead atoms. The van der Waals surface area contributed by atoms with Gasteiger partial charge in [-0.15, -0.1) is 0 Å². The number of aromatic nitrogens is 2. The molecular weight excluding hydrogens is 277 g/mol. The van der Waals surface area contributed by atoms with Crippen molar-refractivity contribution in [2.75, 3.05) is 7.05 Å². The fourth-order valence-corrected chi connectivity index (χ4v) is 2.43. The first kappa shape index (κ1) is 15.0. The van der Waals surface area contributed by atoms with E-state index in [2.05, 4.69) is 24.3 Å². The third-order valence-electron chi connectivity index (χ3n) is 3.29. The van der Waals surface area contributed by atoms with E-state index in [9.17, 15) is 4.39 Å². The Kier molecular flexibility index (Phi) is 4.78. The normalized spacial score (nSPS) is 12.9. The molecule has 0 saturated heterocycles. The summed E-state index contributed by atoms with van der Waals surface area (Å²) in [5, 5.41) is 8.18. The van der Waals surface area contributed by atoms with Gasteiger partial charge in [0.15, 0.2) is 0 Å². The van der Waals surface area contributed by atoms with Crippen LogP contribution in [-0.2, 0) is 6.42 Å². The maximum absolute atomic E-state index is 13.1. The average Bonchev–Trinajstić information content (AvgIpc) is 2.85. The first-order chi connectivity index (χ1) is 9.51. The molecule has 1 aromatic heterocycles. The second-order valence-corrected chi connectivity index (χ2v) is 5.50. The van der Waals surface area contributed by atoms with Gasteiger partial charge in [0.1, 0.15) is 5.82 Å². The smallest absolute Gasteiger partial charge is 0.124 e. The molecule has 20 heavy (non-hydrogen) atoms. The predicted molar refractivity (Wildman–Crippen MR) is 79.5 cm³/mol. The Labute approximate surface area is 123 Å². The number of rotatable bonds is 5. The number of nitrogens with zero attached hydrogens (tertiary/aromatic N) is 2. The van der Waals surface area contributed by atoms with Gasteiger partial charge in [-0.05, 0) is 44.7 Å². The van der Waals surface area contributed by atoms with E-state index >= 15 is 0 Å². The molecule has 5 heteroatoms. The molecule has 1 N–H and O–H groups in total. The number of hydrogen-bond acceptors (Lipinski definition) is 2. The highest BCUT2D eigenvalue weighted by atomic mass is 35.5. The molecule has 0 spiro atoms. The number of nitrogens with one attached hydrogen (secondary N) is 1. The van der Waals surface area contributed by atoms with Crippen molar-refractivity contribution in [1.82, 2.24) is 15.1 Å². The van der Waals surface area contributed by atoms with Crippen LogP contribution in [0, 0.1) is 5.82 Å². The molecule has 0 fully saturated rings. The van der Waals surface area contributed by atoms with Crippen LogP contribution >= 0.6 is 11.6 Å². The molecule has 108 valence electrons. The highest BCUT2D eigenvalue weighted by Gasteiger charge is 2.15. The summed E-state index contributed by atoms with van der Waals surface area (Å²) in [5.41, 5.74) is 1.87. The van der Waals surface area contributed by atoms with Crippen LogP contribution < -0.4 is 5.32 Å². The number of halogens is 2. The van der Waals surface area contributed by atoms with E-state index in [1.807, 2.05) is 24.0 Å². The standard InChI is InChI=1S/C15H19ClFN3/c1-10(2)20-7-6-12(19-20)9-15(18-3)13-5-4-11(17)8-14(13)16/h4-8,10,15,18H,9H2,1-3H3. The average molecular weight is 296 g/mol. The van der Waals surface area contributed by atoms with Gasteiger partial charge in [0.2, 0.25) is 0 Å². The van der Waals surface area contributed by atoms with E-state index in [1.54, 1.807) is 6.07 Å². The van der Waals surface area contributed by atoms with E-state index in [0.717, 1.165) is 11.3 Å². The van der Waals surface area contributed by atoms with E-state index in [0.29, 0.717) is 17.5 Å². The zero-order valence-corrected chi connectivity index (χ0v) is 12.7. The lowest BCUT2D eigenvalue weighted by Gasteiger charge is -2.17. The summed E-state index contributed by atoms with van der Waals surface area (Å²) in [6, 6.07) is 6.84. The Bertz CT molecular complexity index is 580. The van der Waals surface area contributed by atoms with Gasteiger partial charge in [0.05, 0.1) is 5.69 Å². The molecule has 0 saturated carbocycles. The Morgan fingerprint density at radius 1 is 1.35 bits per heavy atom. The van der Waals surface area contributed by atoms with Gasteiger partial charge >= 0.3 is 0 Å². The van der Waals surface area contributed by atoms with Crippen molar-refractivity contribution in [3.63, 3.8) is 0 Å². The van der Waals surface area contributed by atoms with Gasteiger partial charge in [0.25, 0.3) is 0 Å². The number of likely N-dealkylation sites (N-methyl/N-ethyl adjacent to an activating group) is 1. The second-order valence-electron chi connectivity index (χ2n) is 5.09. The second kappa shape index (κ2) is 6.37. The van der Waals surface area contributed by atoms with Gasteiger partial charge in [-0.1, -0.05) is 17.7 Å². The largest absolute Gasteiger partial charge is 0.313 e. The zero-order valence-electron chi connectivity index (χ0n) is 11.9. The first-order valence-corrected chi connectivity index (χ1v) is 7.05. The van der Waals surface area contributed by atoms with Crippen LogP contribution in [0.2, 0.25) is 5.02 Å². The molecule has 0 aliphatic carbocycles. The van der Waals surface area contributed by atoms with Crippen molar-refractivity contribution in [3.05, 3.63) is 52.6 Å². The molecule has 2 rings (SSSR count). The molecule has 1 aromatic carbocycles. The fraction of sp³-hybridized carbons (Fsp3) is 0.400. The number of benzene rings is 1. The number of hydrogen-bond donors (Lipinski definition) is 1. The minimum atomic E-state index is -0.322. The third-order valence-corrected chi connectivity index (χ3v) is 3.62. The lowest BCUT2D eigenvalue weighted by atomic mass is 10.0. The summed E-state index contributed by atoms with van der Waals surface area (Å²) in [7, 11) is 1.86. The molecule has 1 unspecified atom stereocenters. The fourth-order valence-electron chi connectivity index (χ4n) is 2.13. The Hall–Kier alpha value is -1.39. The van der Waals surface area contributed by atoms with Crippen LogP contribution in [0.15, 0.2) is 30.5 Å². The molecule has 0 aliphatic rings. The molecule has 0 amide bonds. The molecule has 1 atom stereocenters. The third kappa shape index (κ3) is 3.38. The van der Waals surface area contributed by atoms with Crippen LogP contribution in [0.1, 0.15) is 37.2 Å². The van der Waals surface area contributed by atoms with Crippen molar-refractivity contribution in [3.8, 4) is 0 Å². The van der Waals surface area contributed by atoms with Crippen molar-refractivity contribution < 1.29 is 4.39 Å². The van der Waals surface area contributed by atoms with E-state index in [-0.39, 0.29) is 11.9 Å². The lowest BCUT2D eigenvalue weighted by molar-refractivity contribution is 0.514. The molecule has 1 heterocycles. The minimum absolute atomic E-state index is 0.0126.